The number of carboxylic acid groups (broad SMARTS) is 1. The predicted molar refractivity (Wildman–Crippen MR) is 65.1 cm³/mol. The third kappa shape index (κ3) is 2.82. The largest absolute Gasteiger partial charge is 0.495 e. The summed E-state index contributed by atoms with van der Waals surface area (Å²) in [4.78, 5) is 10.8. The predicted octanol–water partition coefficient (Wildman–Crippen LogP) is 2.10. The maximum absolute atomic E-state index is 10.8. The molecule has 0 aliphatic carbocycles. The lowest BCUT2D eigenvalue weighted by molar-refractivity contribution is -0.136. The van der Waals surface area contributed by atoms with E-state index in [0.29, 0.717) is 27.3 Å². The lowest BCUT2D eigenvalue weighted by Crippen LogP contribution is -2.06. The molecule has 0 unspecified atom stereocenters. The zero-order valence-electron chi connectivity index (χ0n) is 9.74. The van der Waals surface area contributed by atoms with Crippen molar-refractivity contribution in [3.8, 4) is 17.2 Å². The molecule has 94 valence electrons. The lowest BCUT2D eigenvalue weighted by atomic mass is 10.1. The van der Waals surface area contributed by atoms with E-state index in [0.717, 1.165) is 0 Å². The highest BCUT2D eigenvalue weighted by Gasteiger charge is 2.21. The van der Waals surface area contributed by atoms with E-state index in [9.17, 15) is 4.79 Å². The van der Waals surface area contributed by atoms with Crippen LogP contribution in [0.3, 0.4) is 0 Å². The number of hydrogen-bond acceptors (Lipinski definition) is 4. The Morgan fingerprint density at radius 2 is 1.82 bits per heavy atom. The molecule has 0 aliphatic rings. The average Bonchev–Trinajstić information content (AvgIpc) is 2.28. The molecule has 0 fully saturated rings. The van der Waals surface area contributed by atoms with Crippen LogP contribution in [0.2, 0.25) is 0 Å². The van der Waals surface area contributed by atoms with Gasteiger partial charge in [0.25, 0.3) is 0 Å². The van der Waals surface area contributed by atoms with E-state index >= 15 is 0 Å². The van der Waals surface area contributed by atoms with Crippen molar-refractivity contribution in [3.63, 3.8) is 0 Å². The topological polar surface area (TPSA) is 65.0 Å². The second-order valence-corrected chi connectivity index (χ2v) is 4.03. The van der Waals surface area contributed by atoms with Crippen molar-refractivity contribution in [2.45, 2.75) is 6.42 Å². The molecule has 17 heavy (non-hydrogen) atoms. The van der Waals surface area contributed by atoms with E-state index in [1.54, 1.807) is 6.07 Å². The van der Waals surface area contributed by atoms with Gasteiger partial charge in [-0.2, -0.15) is 0 Å². The third-order valence-corrected chi connectivity index (χ3v) is 2.79. The van der Waals surface area contributed by atoms with Crippen molar-refractivity contribution in [1.82, 2.24) is 0 Å². The van der Waals surface area contributed by atoms with Crippen LogP contribution in [0.5, 0.6) is 17.2 Å². The number of aliphatic carboxylic acids is 1. The van der Waals surface area contributed by atoms with Gasteiger partial charge in [0.15, 0.2) is 11.5 Å². The summed E-state index contributed by atoms with van der Waals surface area (Å²) in [6.07, 6.45) is -0.206. The zero-order valence-corrected chi connectivity index (χ0v) is 11.3. The Morgan fingerprint density at radius 1 is 1.24 bits per heavy atom. The molecule has 1 aromatic rings. The molecule has 5 nitrogen and oxygen atoms in total. The van der Waals surface area contributed by atoms with Crippen molar-refractivity contribution < 1.29 is 24.1 Å². The van der Waals surface area contributed by atoms with Crippen LogP contribution >= 0.6 is 15.9 Å². The number of methoxy groups -OCH3 is 3. The molecule has 0 amide bonds. The Balaban J connectivity index is 3.46. The molecule has 1 rings (SSSR count). The number of hydrogen-bond donors (Lipinski definition) is 1. The molecule has 0 saturated carbocycles. The highest BCUT2D eigenvalue weighted by molar-refractivity contribution is 9.10. The fourth-order valence-corrected chi connectivity index (χ4v) is 2.16. The molecule has 0 atom stereocenters. The van der Waals surface area contributed by atoms with Gasteiger partial charge in [0.1, 0.15) is 5.75 Å². The average molecular weight is 305 g/mol. The van der Waals surface area contributed by atoms with E-state index in [-0.39, 0.29) is 6.42 Å². The van der Waals surface area contributed by atoms with Crippen LogP contribution in [0.25, 0.3) is 0 Å². The molecule has 0 spiro atoms. The Labute approximate surface area is 107 Å². The summed E-state index contributed by atoms with van der Waals surface area (Å²) < 4.78 is 16.1. The van der Waals surface area contributed by atoms with Gasteiger partial charge in [0.2, 0.25) is 0 Å². The number of ether oxygens (including phenoxy) is 3. The molecule has 0 aliphatic heterocycles. The van der Waals surface area contributed by atoms with E-state index in [1.807, 2.05) is 0 Å². The highest BCUT2D eigenvalue weighted by atomic mass is 79.9. The maximum Gasteiger partial charge on any atom is 0.308 e. The van der Waals surface area contributed by atoms with Gasteiger partial charge in [-0.15, -0.1) is 0 Å². The Hall–Kier alpha value is -1.43. The van der Waals surface area contributed by atoms with Crippen molar-refractivity contribution in [1.29, 1.82) is 0 Å². The minimum absolute atomic E-state index is 0.206. The molecule has 0 radical (unpaired) electrons. The molecular formula is C11H13BrO5. The highest BCUT2D eigenvalue weighted by Crippen LogP contribution is 2.42. The first-order chi connectivity index (χ1) is 8.04. The second kappa shape index (κ2) is 5.77. The molecule has 0 aromatic heterocycles. The van der Waals surface area contributed by atoms with E-state index < -0.39 is 5.97 Å². The Kier molecular flexibility index (Phi) is 4.62. The van der Waals surface area contributed by atoms with E-state index in [4.69, 9.17) is 19.3 Å². The normalized spacial score (nSPS) is 9.88. The first kappa shape index (κ1) is 13.6. The van der Waals surface area contributed by atoms with Crippen molar-refractivity contribution in [2.24, 2.45) is 0 Å². The number of halogens is 1. The van der Waals surface area contributed by atoms with Crippen LogP contribution < -0.4 is 14.2 Å². The quantitative estimate of drug-likeness (QED) is 0.902. The maximum atomic E-state index is 10.8. The minimum Gasteiger partial charge on any atom is -0.495 e. The first-order valence-corrected chi connectivity index (χ1v) is 5.53. The molecule has 0 bridgehead atoms. The van der Waals surface area contributed by atoms with E-state index in [1.165, 1.54) is 21.3 Å². The summed E-state index contributed by atoms with van der Waals surface area (Å²) in [7, 11) is 4.41. The summed E-state index contributed by atoms with van der Waals surface area (Å²) in [6, 6.07) is 1.67. The number of rotatable bonds is 5. The van der Waals surface area contributed by atoms with Crippen LogP contribution in [0.1, 0.15) is 5.56 Å². The summed E-state index contributed by atoms with van der Waals surface area (Å²) in [5.41, 5.74) is 0.439. The van der Waals surface area contributed by atoms with Crippen LogP contribution in [-0.2, 0) is 11.2 Å². The third-order valence-electron chi connectivity index (χ3n) is 2.20. The number of carboxylic acids is 1. The summed E-state index contributed by atoms with van der Waals surface area (Å²) in [5, 5.41) is 8.89. The summed E-state index contributed by atoms with van der Waals surface area (Å²) in [5.74, 6) is 0.290. The second-order valence-electron chi connectivity index (χ2n) is 3.18. The SMILES string of the molecule is COc1cc(Br)c(OC)c(CC(=O)O)c1OC. The zero-order chi connectivity index (χ0) is 13.0. The molecular weight excluding hydrogens is 292 g/mol. The molecule has 0 saturated heterocycles. The molecule has 6 heteroatoms. The van der Waals surface area contributed by atoms with Gasteiger partial charge in [0.05, 0.1) is 37.8 Å². The molecule has 0 heterocycles. The Bertz CT molecular complexity index is 430. The molecule has 1 aromatic carbocycles. The van der Waals surface area contributed by atoms with Gasteiger partial charge in [-0.25, -0.2) is 0 Å². The molecule has 1 N–H and O–H groups in total. The number of benzene rings is 1. The van der Waals surface area contributed by atoms with Gasteiger partial charge in [-0.05, 0) is 15.9 Å². The lowest BCUT2D eigenvalue weighted by Gasteiger charge is -2.16. The monoisotopic (exact) mass is 304 g/mol. The van der Waals surface area contributed by atoms with Gasteiger partial charge in [0, 0.05) is 6.07 Å². The van der Waals surface area contributed by atoms with Crippen molar-refractivity contribution >= 4 is 21.9 Å². The fraction of sp³-hybridized carbons (Fsp3) is 0.364. The fourth-order valence-electron chi connectivity index (χ4n) is 1.55. The van der Waals surface area contributed by atoms with Crippen LogP contribution in [0, 0.1) is 0 Å². The Morgan fingerprint density at radius 3 is 2.24 bits per heavy atom. The smallest absolute Gasteiger partial charge is 0.308 e. The van der Waals surface area contributed by atoms with E-state index in [2.05, 4.69) is 15.9 Å². The van der Waals surface area contributed by atoms with Gasteiger partial charge >= 0.3 is 5.97 Å². The first-order valence-electron chi connectivity index (χ1n) is 4.74. The van der Waals surface area contributed by atoms with Crippen molar-refractivity contribution in [3.05, 3.63) is 16.1 Å². The minimum atomic E-state index is -0.971. The number of carbonyl (C=O) groups is 1. The van der Waals surface area contributed by atoms with Crippen LogP contribution in [0.15, 0.2) is 10.5 Å². The summed E-state index contributed by atoms with van der Waals surface area (Å²) >= 11 is 3.30. The van der Waals surface area contributed by atoms with Crippen LogP contribution in [-0.4, -0.2) is 32.4 Å². The standard InChI is InChI=1S/C11H13BrO5/c1-15-8-5-7(12)10(16-2)6(4-9(13)14)11(8)17-3/h5H,4H2,1-3H3,(H,13,14). The summed E-state index contributed by atoms with van der Waals surface area (Å²) in [6.45, 7) is 0. The van der Waals surface area contributed by atoms with Crippen molar-refractivity contribution in [2.75, 3.05) is 21.3 Å². The van der Waals surface area contributed by atoms with Gasteiger partial charge in [-0.1, -0.05) is 0 Å². The van der Waals surface area contributed by atoms with Gasteiger partial charge < -0.3 is 19.3 Å². The van der Waals surface area contributed by atoms with Crippen LogP contribution in [0.4, 0.5) is 0 Å². The van der Waals surface area contributed by atoms with Gasteiger partial charge in [-0.3, -0.25) is 4.79 Å².